The lowest BCUT2D eigenvalue weighted by molar-refractivity contribution is 1.28. The van der Waals surface area contributed by atoms with Gasteiger partial charge in [0, 0.05) is 11.1 Å². The van der Waals surface area contributed by atoms with E-state index in [9.17, 15) is 5.26 Å². The fourth-order valence-electron chi connectivity index (χ4n) is 2.20. The van der Waals surface area contributed by atoms with Crippen LogP contribution in [0.2, 0.25) is 0 Å². The molecule has 0 amide bonds. The van der Waals surface area contributed by atoms with E-state index in [0.29, 0.717) is 5.69 Å². The largest absolute Gasteiger partial charge is 0.337 e. The molecule has 0 bridgehead atoms. The molecule has 0 spiro atoms. The smallest absolute Gasteiger partial charge is 0.166 e. The maximum absolute atomic E-state index is 9.26. The number of nitrogens with zero attached hydrogens (tertiary/aromatic N) is 2. The number of imidazole rings is 1. The fraction of sp³-hybridized carbons (Fsp3) is 0.0588. The summed E-state index contributed by atoms with van der Waals surface area (Å²) < 4.78 is 0. The SMILES string of the molecule is Cc1cccc(-c2nc(C#N)c(-c3ccccc3)[nH]2)c1. The summed E-state index contributed by atoms with van der Waals surface area (Å²) in [6, 6.07) is 20.0. The highest BCUT2D eigenvalue weighted by atomic mass is 14.9. The number of H-pyrrole nitrogens is 1. The van der Waals surface area contributed by atoms with Crippen molar-refractivity contribution in [1.82, 2.24) is 9.97 Å². The van der Waals surface area contributed by atoms with Crippen molar-refractivity contribution in [2.45, 2.75) is 6.92 Å². The highest BCUT2D eigenvalue weighted by Gasteiger charge is 2.12. The van der Waals surface area contributed by atoms with Crippen LogP contribution in [0.3, 0.4) is 0 Å². The first-order valence-electron chi connectivity index (χ1n) is 6.40. The highest BCUT2D eigenvalue weighted by molar-refractivity contribution is 5.70. The van der Waals surface area contributed by atoms with Crippen LogP contribution >= 0.6 is 0 Å². The molecule has 0 atom stereocenters. The van der Waals surface area contributed by atoms with Gasteiger partial charge in [-0.1, -0.05) is 54.1 Å². The van der Waals surface area contributed by atoms with E-state index in [1.165, 1.54) is 5.56 Å². The maximum Gasteiger partial charge on any atom is 0.166 e. The molecule has 0 aliphatic carbocycles. The van der Waals surface area contributed by atoms with Crippen LogP contribution in [0.25, 0.3) is 22.6 Å². The van der Waals surface area contributed by atoms with Gasteiger partial charge in [0.05, 0.1) is 5.69 Å². The summed E-state index contributed by atoms with van der Waals surface area (Å²) in [5.74, 6) is 0.726. The molecule has 0 fully saturated rings. The number of rotatable bonds is 2. The quantitative estimate of drug-likeness (QED) is 0.758. The van der Waals surface area contributed by atoms with Crippen LogP contribution in [-0.4, -0.2) is 9.97 Å². The molecule has 3 heteroatoms. The Morgan fingerprint density at radius 1 is 1.00 bits per heavy atom. The normalized spacial score (nSPS) is 10.2. The van der Waals surface area contributed by atoms with E-state index in [1.807, 2.05) is 55.5 Å². The zero-order chi connectivity index (χ0) is 13.9. The molecule has 2 aromatic carbocycles. The third-order valence-electron chi connectivity index (χ3n) is 3.16. The van der Waals surface area contributed by atoms with E-state index in [1.54, 1.807) is 0 Å². The maximum atomic E-state index is 9.26. The minimum absolute atomic E-state index is 0.424. The third-order valence-corrected chi connectivity index (χ3v) is 3.16. The molecule has 1 aromatic heterocycles. The molecule has 0 aliphatic rings. The van der Waals surface area contributed by atoms with Crippen LogP contribution in [0.15, 0.2) is 54.6 Å². The van der Waals surface area contributed by atoms with Gasteiger partial charge in [-0.25, -0.2) is 4.98 Å². The van der Waals surface area contributed by atoms with Crippen molar-refractivity contribution >= 4 is 0 Å². The van der Waals surface area contributed by atoms with Crippen LogP contribution in [0, 0.1) is 18.3 Å². The molecule has 0 saturated heterocycles. The van der Waals surface area contributed by atoms with Gasteiger partial charge in [0.15, 0.2) is 5.69 Å². The first-order chi connectivity index (χ1) is 9.78. The Balaban J connectivity index is 2.13. The third kappa shape index (κ3) is 2.19. The molecule has 3 aromatic rings. The minimum Gasteiger partial charge on any atom is -0.337 e. The second-order valence-electron chi connectivity index (χ2n) is 4.66. The average molecular weight is 259 g/mol. The Hall–Kier alpha value is -2.86. The van der Waals surface area contributed by atoms with Gasteiger partial charge in [0.25, 0.3) is 0 Å². The van der Waals surface area contributed by atoms with E-state index >= 15 is 0 Å². The lowest BCUT2D eigenvalue weighted by Crippen LogP contribution is -1.82. The lowest BCUT2D eigenvalue weighted by atomic mass is 10.1. The molecule has 0 radical (unpaired) electrons. The molecule has 0 unspecified atom stereocenters. The summed E-state index contributed by atoms with van der Waals surface area (Å²) >= 11 is 0. The van der Waals surface area contributed by atoms with E-state index in [2.05, 4.69) is 22.1 Å². The lowest BCUT2D eigenvalue weighted by Gasteiger charge is -1.99. The first kappa shape index (κ1) is 12.2. The van der Waals surface area contributed by atoms with Crippen LogP contribution in [-0.2, 0) is 0 Å². The van der Waals surface area contributed by atoms with Crippen molar-refractivity contribution < 1.29 is 0 Å². The fourth-order valence-corrected chi connectivity index (χ4v) is 2.20. The molecule has 1 heterocycles. The van der Waals surface area contributed by atoms with Crippen molar-refractivity contribution in [3.8, 4) is 28.7 Å². The van der Waals surface area contributed by atoms with Gasteiger partial charge in [-0.3, -0.25) is 0 Å². The summed E-state index contributed by atoms with van der Waals surface area (Å²) in [7, 11) is 0. The van der Waals surface area contributed by atoms with E-state index in [0.717, 1.165) is 22.6 Å². The predicted octanol–water partition coefficient (Wildman–Crippen LogP) is 3.92. The number of hydrogen-bond acceptors (Lipinski definition) is 2. The van der Waals surface area contributed by atoms with Gasteiger partial charge in [-0.2, -0.15) is 5.26 Å². The second kappa shape index (κ2) is 5.02. The molecule has 3 nitrogen and oxygen atoms in total. The standard InChI is InChI=1S/C17H13N3/c1-12-6-5-9-14(10-12)17-19-15(11-18)16(20-17)13-7-3-2-4-8-13/h2-10H,1H3,(H,19,20). The van der Waals surface area contributed by atoms with Crippen molar-refractivity contribution in [1.29, 1.82) is 5.26 Å². The van der Waals surface area contributed by atoms with Gasteiger partial charge in [0.1, 0.15) is 11.9 Å². The van der Waals surface area contributed by atoms with Gasteiger partial charge in [-0.05, 0) is 13.0 Å². The van der Waals surface area contributed by atoms with Crippen molar-refractivity contribution in [2.24, 2.45) is 0 Å². The molecule has 0 saturated carbocycles. The van der Waals surface area contributed by atoms with Crippen LogP contribution < -0.4 is 0 Å². The van der Waals surface area contributed by atoms with E-state index in [4.69, 9.17) is 0 Å². The molecular weight excluding hydrogens is 246 g/mol. The monoisotopic (exact) mass is 259 g/mol. The number of nitriles is 1. The number of benzene rings is 2. The number of hydrogen-bond donors (Lipinski definition) is 1. The number of nitrogens with one attached hydrogen (secondary N) is 1. The zero-order valence-electron chi connectivity index (χ0n) is 11.1. The Labute approximate surface area is 117 Å². The molecule has 0 aliphatic heterocycles. The Morgan fingerprint density at radius 3 is 2.45 bits per heavy atom. The van der Waals surface area contributed by atoms with Gasteiger partial charge in [-0.15, -0.1) is 0 Å². The summed E-state index contributed by atoms with van der Waals surface area (Å²) in [6.07, 6.45) is 0. The molecule has 1 N–H and O–H groups in total. The van der Waals surface area contributed by atoms with E-state index in [-0.39, 0.29) is 0 Å². The molecule has 3 rings (SSSR count). The summed E-state index contributed by atoms with van der Waals surface area (Å²) in [4.78, 5) is 7.66. The average Bonchev–Trinajstić information content (AvgIpc) is 2.92. The van der Waals surface area contributed by atoms with Gasteiger partial charge < -0.3 is 4.98 Å². The van der Waals surface area contributed by atoms with Gasteiger partial charge >= 0.3 is 0 Å². The summed E-state index contributed by atoms with van der Waals surface area (Å²) in [5, 5.41) is 9.26. The zero-order valence-corrected chi connectivity index (χ0v) is 11.1. The second-order valence-corrected chi connectivity index (χ2v) is 4.66. The van der Waals surface area contributed by atoms with Gasteiger partial charge in [0.2, 0.25) is 0 Å². The summed E-state index contributed by atoms with van der Waals surface area (Å²) in [6.45, 7) is 2.04. The topological polar surface area (TPSA) is 52.5 Å². The van der Waals surface area contributed by atoms with Crippen LogP contribution in [0.4, 0.5) is 0 Å². The first-order valence-corrected chi connectivity index (χ1v) is 6.40. The molecule has 20 heavy (non-hydrogen) atoms. The Bertz CT molecular complexity index is 779. The van der Waals surface area contributed by atoms with Crippen LogP contribution in [0.1, 0.15) is 11.3 Å². The molecular formula is C17H13N3. The number of aromatic nitrogens is 2. The molecule has 96 valence electrons. The predicted molar refractivity (Wildman–Crippen MR) is 78.9 cm³/mol. The minimum atomic E-state index is 0.424. The Kier molecular flexibility index (Phi) is 3.06. The summed E-state index contributed by atoms with van der Waals surface area (Å²) in [5.41, 5.74) is 4.31. The van der Waals surface area contributed by atoms with Crippen molar-refractivity contribution in [2.75, 3.05) is 0 Å². The Morgan fingerprint density at radius 2 is 1.75 bits per heavy atom. The number of aryl methyl sites for hydroxylation is 1. The highest BCUT2D eigenvalue weighted by Crippen LogP contribution is 2.25. The number of aromatic amines is 1. The van der Waals surface area contributed by atoms with Crippen molar-refractivity contribution in [3.63, 3.8) is 0 Å². The van der Waals surface area contributed by atoms with Crippen molar-refractivity contribution in [3.05, 3.63) is 65.9 Å². The van der Waals surface area contributed by atoms with E-state index < -0.39 is 0 Å². The van der Waals surface area contributed by atoms with Crippen LogP contribution in [0.5, 0.6) is 0 Å².